The fourth-order valence-corrected chi connectivity index (χ4v) is 4.55. The minimum absolute atomic E-state index is 0.0780. The van der Waals surface area contributed by atoms with Crippen molar-refractivity contribution in [3.63, 3.8) is 0 Å². The quantitative estimate of drug-likeness (QED) is 0.905. The highest BCUT2D eigenvalue weighted by atomic mass is 16.1. The number of hydrogen-bond donors (Lipinski definition) is 1. The molecule has 3 heteroatoms. The summed E-state index contributed by atoms with van der Waals surface area (Å²) in [4.78, 5) is 14.2. The molecule has 1 N–H and O–H groups in total. The summed E-state index contributed by atoms with van der Waals surface area (Å²) in [5.74, 6) is 0.865. The molecule has 1 atom stereocenters. The van der Waals surface area contributed by atoms with Crippen LogP contribution in [0.15, 0.2) is 24.3 Å². The number of benzene rings is 1. The predicted molar refractivity (Wildman–Crippen MR) is 99.0 cm³/mol. The number of hydrogen-bond acceptors (Lipinski definition) is 2. The Balaban J connectivity index is 1.74. The Hall–Kier alpha value is -1.35. The number of carbonyl (C=O) groups is 1. The van der Waals surface area contributed by atoms with Gasteiger partial charge in [0, 0.05) is 6.92 Å². The van der Waals surface area contributed by atoms with Crippen molar-refractivity contribution >= 4 is 5.91 Å². The van der Waals surface area contributed by atoms with Crippen molar-refractivity contribution in [3.8, 4) is 0 Å². The van der Waals surface area contributed by atoms with Crippen molar-refractivity contribution in [2.24, 2.45) is 5.92 Å². The summed E-state index contributed by atoms with van der Waals surface area (Å²) in [6.07, 6.45) is 6.09. The van der Waals surface area contributed by atoms with E-state index in [0.717, 1.165) is 12.3 Å². The molecule has 2 aliphatic rings. The lowest BCUT2D eigenvalue weighted by Gasteiger charge is -2.47. The van der Waals surface area contributed by atoms with E-state index in [1.165, 1.54) is 56.4 Å². The van der Waals surface area contributed by atoms with Crippen molar-refractivity contribution in [2.75, 3.05) is 19.6 Å². The Morgan fingerprint density at radius 1 is 1.25 bits per heavy atom. The highest BCUT2D eigenvalue weighted by Crippen LogP contribution is 2.47. The second-order valence-electron chi connectivity index (χ2n) is 8.18. The number of rotatable bonds is 4. The largest absolute Gasteiger partial charge is 0.350 e. The normalized spacial score (nSPS) is 23.2. The molecule has 24 heavy (non-hydrogen) atoms. The highest BCUT2D eigenvalue weighted by molar-refractivity contribution is 5.73. The molecule has 1 aliphatic heterocycles. The van der Waals surface area contributed by atoms with E-state index in [2.05, 4.69) is 48.3 Å². The highest BCUT2D eigenvalue weighted by Gasteiger charge is 2.41. The van der Waals surface area contributed by atoms with Crippen LogP contribution >= 0.6 is 0 Å². The maximum atomic E-state index is 11.5. The SMILES string of the molecule is CC(=O)N[C@H]1CCC2(CCN(CCC(C)C)CC2)c2ccccc21. The number of likely N-dealkylation sites (tertiary alicyclic amines) is 1. The molecule has 1 spiro atoms. The second kappa shape index (κ2) is 7.26. The van der Waals surface area contributed by atoms with E-state index in [1.807, 2.05) is 0 Å². The molecule has 0 aromatic heterocycles. The Labute approximate surface area is 146 Å². The molecular weight excluding hydrogens is 296 g/mol. The van der Waals surface area contributed by atoms with E-state index in [-0.39, 0.29) is 11.9 Å². The van der Waals surface area contributed by atoms with Gasteiger partial charge in [0.2, 0.25) is 5.91 Å². The molecule has 1 saturated heterocycles. The zero-order valence-corrected chi connectivity index (χ0v) is 15.5. The van der Waals surface area contributed by atoms with Crippen molar-refractivity contribution < 1.29 is 4.79 Å². The Morgan fingerprint density at radius 3 is 2.62 bits per heavy atom. The number of piperidine rings is 1. The van der Waals surface area contributed by atoms with Crippen LogP contribution in [0.4, 0.5) is 0 Å². The monoisotopic (exact) mass is 328 g/mol. The molecule has 1 amide bonds. The zero-order valence-electron chi connectivity index (χ0n) is 15.5. The maximum Gasteiger partial charge on any atom is 0.217 e. The third-order valence-electron chi connectivity index (χ3n) is 6.03. The van der Waals surface area contributed by atoms with Gasteiger partial charge in [-0.25, -0.2) is 0 Å². The van der Waals surface area contributed by atoms with Gasteiger partial charge in [-0.2, -0.15) is 0 Å². The Bertz CT molecular complexity index is 573. The average Bonchev–Trinajstić information content (AvgIpc) is 2.57. The lowest BCUT2D eigenvalue weighted by molar-refractivity contribution is -0.119. The van der Waals surface area contributed by atoms with Crippen LogP contribution in [-0.4, -0.2) is 30.4 Å². The number of fused-ring (bicyclic) bond motifs is 2. The van der Waals surface area contributed by atoms with Crippen LogP contribution < -0.4 is 5.32 Å². The van der Waals surface area contributed by atoms with Crippen LogP contribution in [-0.2, 0) is 10.2 Å². The number of carbonyl (C=O) groups excluding carboxylic acids is 1. The van der Waals surface area contributed by atoms with Crippen LogP contribution in [0.5, 0.6) is 0 Å². The predicted octanol–water partition coefficient (Wildman–Crippen LogP) is 4.04. The summed E-state index contributed by atoms with van der Waals surface area (Å²) in [5, 5.41) is 3.15. The molecule has 1 heterocycles. The summed E-state index contributed by atoms with van der Waals surface area (Å²) in [7, 11) is 0. The van der Waals surface area contributed by atoms with Gasteiger partial charge in [0.15, 0.2) is 0 Å². The summed E-state index contributed by atoms with van der Waals surface area (Å²) in [6, 6.07) is 9.02. The van der Waals surface area contributed by atoms with Crippen LogP contribution in [0, 0.1) is 5.92 Å². The van der Waals surface area contributed by atoms with Crippen molar-refractivity contribution in [3.05, 3.63) is 35.4 Å². The van der Waals surface area contributed by atoms with Gasteiger partial charge in [-0.3, -0.25) is 4.79 Å². The van der Waals surface area contributed by atoms with Gasteiger partial charge >= 0.3 is 0 Å². The molecule has 3 nitrogen and oxygen atoms in total. The molecule has 0 radical (unpaired) electrons. The van der Waals surface area contributed by atoms with E-state index in [1.54, 1.807) is 6.92 Å². The number of amides is 1. The molecule has 1 aliphatic carbocycles. The first-order valence-electron chi connectivity index (χ1n) is 9.59. The first-order valence-corrected chi connectivity index (χ1v) is 9.59. The van der Waals surface area contributed by atoms with Crippen molar-refractivity contribution in [1.29, 1.82) is 0 Å². The van der Waals surface area contributed by atoms with Gasteiger partial charge in [0.05, 0.1) is 6.04 Å². The maximum absolute atomic E-state index is 11.5. The van der Waals surface area contributed by atoms with E-state index in [0.29, 0.717) is 5.41 Å². The van der Waals surface area contributed by atoms with E-state index < -0.39 is 0 Å². The molecule has 0 unspecified atom stereocenters. The number of nitrogens with zero attached hydrogens (tertiary/aromatic N) is 1. The molecule has 1 aromatic rings. The molecular formula is C21H32N2O. The van der Waals surface area contributed by atoms with E-state index in [4.69, 9.17) is 0 Å². The average molecular weight is 328 g/mol. The topological polar surface area (TPSA) is 32.3 Å². The van der Waals surface area contributed by atoms with Crippen LogP contribution in [0.2, 0.25) is 0 Å². The Kier molecular flexibility index (Phi) is 5.29. The third kappa shape index (κ3) is 3.66. The van der Waals surface area contributed by atoms with Crippen LogP contribution in [0.3, 0.4) is 0 Å². The minimum Gasteiger partial charge on any atom is -0.350 e. The molecule has 0 saturated carbocycles. The first kappa shape index (κ1) is 17.5. The lowest BCUT2D eigenvalue weighted by Crippen LogP contribution is -2.46. The van der Waals surface area contributed by atoms with Crippen LogP contribution in [0.25, 0.3) is 0 Å². The summed E-state index contributed by atoms with van der Waals surface area (Å²) in [5.41, 5.74) is 3.19. The third-order valence-corrected chi connectivity index (χ3v) is 6.03. The first-order chi connectivity index (χ1) is 11.5. The van der Waals surface area contributed by atoms with Gasteiger partial charge < -0.3 is 10.2 Å². The smallest absolute Gasteiger partial charge is 0.217 e. The minimum atomic E-state index is 0.0780. The molecule has 1 aromatic carbocycles. The van der Waals surface area contributed by atoms with Gasteiger partial charge in [-0.1, -0.05) is 38.1 Å². The van der Waals surface area contributed by atoms with Crippen molar-refractivity contribution in [2.45, 2.75) is 64.3 Å². The lowest BCUT2D eigenvalue weighted by atomic mass is 9.63. The zero-order chi connectivity index (χ0) is 17.2. The van der Waals surface area contributed by atoms with E-state index in [9.17, 15) is 4.79 Å². The van der Waals surface area contributed by atoms with E-state index >= 15 is 0 Å². The summed E-state index contributed by atoms with van der Waals surface area (Å²) in [6.45, 7) is 9.91. The summed E-state index contributed by atoms with van der Waals surface area (Å²) >= 11 is 0. The number of nitrogens with one attached hydrogen (secondary N) is 1. The fraction of sp³-hybridized carbons (Fsp3) is 0.667. The van der Waals surface area contributed by atoms with Gasteiger partial charge in [-0.15, -0.1) is 0 Å². The summed E-state index contributed by atoms with van der Waals surface area (Å²) < 4.78 is 0. The van der Waals surface area contributed by atoms with Crippen molar-refractivity contribution in [1.82, 2.24) is 10.2 Å². The fourth-order valence-electron chi connectivity index (χ4n) is 4.55. The van der Waals surface area contributed by atoms with Gasteiger partial charge in [0.1, 0.15) is 0 Å². The van der Waals surface area contributed by atoms with Gasteiger partial charge in [-0.05, 0) is 74.2 Å². The standard InChI is InChI=1S/C21H32N2O/c1-16(2)9-13-23-14-11-21(12-15-23)10-8-20(22-17(3)24)18-6-4-5-7-19(18)21/h4-7,16,20H,8-15H2,1-3H3,(H,22,24)/t20-/m0/s1. The van der Waals surface area contributed by atoms with Gasteiger partial charge in [0.25, 0.3) is 0 Å². The molecule has 3 rings (SSSR count). The second-order valence-corrected chi connectivity index (χ2v) is 8.18. The Morgan fingerprint density at radius 2 is 1.96 bits per heavy atom. The van der Waals surface area contributed by atoms with Crippen LogP contribution in [0.1, 0.15) is 70.0 Å². The molecule has 1 fully saturated rings. The molecule has 0 bridgehead atoms. The molecule has 132 valence electrons.